The molecule has 3 fully saturated rings. The van der Waals surface area contributed by atoms with Crippen molar-refractivity contribution in [3.05, 3.63) is 47.6 Å². The molecule has 15 nitrogen and oxygen atoms in total. The van der Waals surface area contributed by atoms with Gasteiger partial charge in [-0.3, -0.25) is 19.2 Å². The van der Waals surface area contributed by atoms with Crippen LogP contribution in [-0.2, 0) is 52.4 Å². The van der Waals surface area contributed by atoms with E-state index < -0.39 is 77.8 Å². The van der Waals surface area contributed by atoms with Crippen LogP contribution in [0, 0.1) is 35.5 Å². The van der Waals surface area contributed by atoms with E-state index in [1.807, 2.05) is 58.1 Å². The van der Waals surface area contributed by atoms with Gasteiger partial charge in [0.1, 0.15) is 30.1 Å². The summed E-state index contributed by atoms with van der Waals surface area (Å²) in [7, 11) is 4.58. The van der Waals surface area contributed by atoms with Crippen LogP contribution in [0.2, 0.25) is 0 Å². The van der Waals surface area contributed by atoms with Gasteiger partial charge in [0.25, 0.3) is 11.7 Å². The molecule has 4 aliphatic rings. The number of rotatable bonds is 9. The first-order chi connectivity index (χ1) is 32.3. The number of esters is 1. The lowest BCUT2D eigenvalue weighted by molar-refractivity contribution is -0.265. The van der Waals surface area contributed by atoms with Crippen LogP contribution in [0.4, 0.5) is 0 Å². The van der Waals surface area contributed by atoms with E-state index in [1.54, 1.807) is 41.1 Å². The summed E-state index contributed by atoms with van der Waals surface area (Å²) in [6, 6.07) is -1.14. The van der Waals surface area contributed by atoms with E-state index in [4.69, 9.17) is 28.4 Å². The van der Waals surface area contributed by atoms with E-state index in [-0.39, 0.29) is 74.1 Å². The Balaban J connectivity index is 1.70. The summed E-state index contributed by atoms with van der Waals surface area (Å²) in [5.74, 6) is -7.96. The van der Waals surface area contributed by atoms with Crippen LogP contribution in [0.25, 0.3) is 0 Å². The number of carbonyl (C=O) groups excluding carboxylic acids is 5. The van der Waals surface area contributed by atoms with Crippen LogP contribution in [0.15, 0.2) is 47.6 Å². The minimum Gasteiger partial charge on any atom is -0.460 e. The number of aliphatic hydroxyl groups is 3. The number of carbonyl (C=O) groups is 5. The molecule has 68 heavy (non-hydrogen) atoms. The predicted octanol–water partition coefficient (Wildman–Crippen LogP) is 6.20. The number of allylic oxidation sites excluding steroid dienone is 6. The van der Waals surface area contributed by atoms with Crippen molar-refractivity contribution in [2.24, 2.45) is 35.5 Å². The number of amides is 1. The van der Waals surface area contributed by atoms with Crippen LogP contribution in [0.3, 0.4) is 0 Å². The highest BCUT2D eigenvalue weighted by atomic mass is 16.6. The lowest BCUT2D eigenvalue weighted by Gasteiger charge is -2.42. The summed E-state index contributed by atoms with van der Waals surface area (Å²) in [5.41, 5.74) is 1.26. The third kappa shape index (κ3) is 15.3. The molecule has 2 saturated heterocycles. The molecule has 15 heteroatoms. The van der Waals surface area contributed by atoms with Gasteiger partial charge in [-0.05, 0) is 107 Å². The summed E-state index contributed by atoms with van der Waals surface area (Å²) in [6.45, 7) is 12.9. The topological polar surface area (TPSA) is 205 Å². The van der Waals surface area contributed by atoms with Gasteiger partial charge in [0.15, 0.2) is 5.78 Å². The molecule has 1 amide bonds. The molecule has 0 aromatic carbocycles. The van der Waals surface area contributed by atoms with E-state index in [2.05, 4.69) is 0 Å². The quantitative estimate of drug-likeness (QED) is 0.134. The first-order valence-corrected chi connectivity index (χ1v) is 25.0. The van der Waals surface area contributed by atoms with Crippen molar-refractivity contribution >= 4 is 29.2 Å². The SMILES string of the molecule is CO[C@H]1C[C@@H]2CC[C@@H](C)[C@@](O)(O2)C(=O)C(=O)N2CCCC[C@H]2C(=O)O[C@H]([C@H](C)C[C@@H]2CC[C@@H](OCCO)[C@H](OC)C2)CC(=O)[C@H](C)/C=C(\C)[C@H](O)[C@@H](OC)C(=O)[C@H](C)C[C@H](C)/C=C/C=C/C=C/1C. The highest BCUT2D eigenvalue weighted by molar-refractivity contribution is 6.39. The van der Waals surface area contributed by atoms with Crippen molar-refractivity contribution in [2.75, 3.05) is 41.1 Å². The second-order valence-corrected chi connectivity index (χ2v) is 20.2. The van der Waals surface area contributed by atoms with Crippen LogP contribution in [-0.4, -0.2) is 145 Å². The van der Waals surface area contributed by atoms with Gasteiger partial charge in [0.2, 0.25) is 5.79 Å². The predicted molar refractivity (Wildman–Crippen MR) is 256 cm³/mol. The first kappa shape index (κ1) is 57.2. The summed E-state index contributed by atoms with van der Waals surface area (Å²) >= 11 is 0. The molecule has 1 saturated carbocycles. The highest BCUT2D eigenvalue weighted by Gasteiger charge is 2.53. The molecule has 0 radical (unpaired) electrons. The maximum Gasteiger partial charge on any atom is 0.329 e. The van der Waals surface area contributed by atoms with Crippen molar-refractivity contribution in [1.82, 2.24) is 4.90 Å². The zero-order valence-electron chi connectivity index (χ0n) is 42.4. The number of methoxy groups -OCH3 is 3. The van der Waals surface area contributed by atoms with Crippen LogP contribution < -0.4 is 0 Å². The Morgan fingerprint density at radius 3 is 2.26 bits per heavy atom. The molecule has 3 N–H and O–H groups in total. The van der Waals surface area contributed by atoms with E-state index >= 15 is 0 Å². The minimum atomic E-state index is -2.43. The van der Waals surface area contributed by atoms with Gasteiger partial charge in [0.05, 0.1) is 37.6 Å². The molecular weight excluding hydrogens is 875 g/mol. The van der Waals surface area contributed by atoms with Gasteiger partial charge < -0.3 is 48.6 Å². The smallest absolute Gasteiger partial charge is 0.329 e. The molecule has 0 aromatic rings. The number of ether oxygens (including phenoxy) is 6. The number of nitrogens with zero attached hydrogens (tertiary/aromatic N) is 1. The van der Waals surface area contributed by atoms with Gasteiger partial charge >= 0.3 is 5.97 Å². The Labute approximate surface area is 405 Å². The Morgan fingerprint density at radius 1 is 0.853 bits per heavy atom. The number of hydrogen-bond donors (Lipinski definition) is 3. The van der Waals surface area contributed by atoms with Gasteiger partial charge in [-0.2, -0.15) is 0 Å². The standard InChI is InChI=1S/C53H83NO14/c1-32-16-12-11-13-17-33(2)44(63-8)30-40-21-19-38(7)53(62,68-40)50(59)51(60)54-23-15-14-18-41(54)52(61)67-45(35(4)28-39-20-22-43(66-25-24-55)46(29-39)64-9)31-42(56)34(3)27-37(6)48(58)49(65-10)47(57)36(5)26-32/h11-13,16-17,27,32,34-36,38-41,43-46,48-49,55,58,62H,14-15,18-26,28-31H2,1-10H3/b13-11+,16-12+,33-17+,37-27+/t32-,34-,35-,36-,38-,39+,40+,41+,43-,44+,45+,46-,48+,49+,53-/m1/s1. The second kappa shape index (κ2) is 27.3. The molecular formula is C53H83NO14. The van der Waals surface area contributed by atoms with E-state index in [1.165, 1.54) is 12.0 Å². The molecule has 384 valence electrons. The van der Waals surface area contributed by atoms with Crippen molar-refractivity contribution < 1.29 is 67.7 Å². The number of fused-ring (bicyclic) bond motifs is 3. The van der Waals surface area contributed by atoms with Crippen molar-refractivity contribution in [2.45, 2.75) is 180 Å². The molecule has 2 bridgehead atoms. The molecule has 15 atom stereocenters. The Bertz CT molecular complexity index is 1810. The lowest BCUT2D eigenvalue weighted by Crippen LogP contribution is -2.61. The summed E-state index contributed by atoms with van der Waals surface area (Å²) < 4.78 is 35.6. The Kier molecular flexibility index (Phi) is 22.9. The molecule has 3 aliphatic heterocycles. The normalized spacial score (nSPS) is 39.2. The zero-order chi connectivity index (χ0) is 50.3. The molecule has 3 heterocycles. The summed E-state index contributed by atoms with van der Waals surface area (Å²) in [6.07, 6.45) is 12.0. The number of piperidine rings is 1. The van der Waals surface area contributed by atoms with Crippen molar-refractivity contribution in [1.29, 1.82) is 0 Å². The van der Waals surface area contributed by atoms with Crippen molar-refractivity contribution in [3.8, 4) is 0 Å². The third-order valence-electron chi connectivity index (χ3n) is 14.9. The number of ketones is 3. The van der Waals surface area contributed by atoms with Crippen molar-refractivity contribution in [3.63, 3.8) is 0 Å². The summed E-state index contributed by atoms with van der Waals surface area (Å²) in [4.78, 5) is 72.1. The maximum absolute atomic E-state index is 14.5. The fraction of sp³-hybridized carbons (Fsp3) is 0.755. The van der Waals surface area contributed by atoms with Gasteiger partial charge in [-0.15, -0.1) is 0 Å². The zero-order valence-corrected chi connectivity index (χ0v) is 42.4. The highest BCUT2D eigenvalue weighted by Crippen LogP contribution is 2.38. The monoisotopic (exact) mass is 958 g/mol. The largest absolute Gasteiger partial charge is 0.460 e. The number of aliphatic hydroxyl groups excluding tert-OH is 2. The van der Waals surface area contributed by atoms with E-state index in [0.29, 0.717) is 63.4 Å². The lowest BCUT2D eigenvalue weighted by atomic mass is 9.78. The Morgan fingerprint density at radius 2 is 1.59 bits per heavy atom. The molecule has 4 rings (SSSR count). The molecule has 0 spiro atoms. The molecule has 1 aliphatic carbocycles. The third-order valence-corrected chi connectivity index (χ3v) is 14.9. The minimum absolute atomic E-state index is 0.0158. The van der Waals surface area contributed by atoms with E-state index in [9.17, 15) is 39.3 Å². The average Bonchev–Trinajstić information content (AvgIpc) is 3.32. The number of cyclic esters (lactones) is 1. The maximum atomic E-state index is 14.5. The molecule has 0 unspecified atom stereocenters. The van der Waals surface area contributed by atoms with Gasteiger partial charge in [-0.25, -0.2) is 4.79 Å². The average molecular weight is 958 g/mol. The Hall–Kier alpha value is -3.41. The number of Topliss-reactive ketones (excluding diaryl/α,β-unsaturated/α-hetero) is 3. The first-order valence-electron chi connectivity index (χ1n) is 25.0. The fourth-order valence-corrected chi connectivity index (χ4v) is 10.5. The fourth-order valence-electron chi connectivity index (χ4n) is 10.5. The number of hydrogen-bond acceptors (Lipinski definition) is 14. The van der Waals surface area contributed by atoms with E-state index in [0.717, 1.165) is 12.0 Å². The second-order valence-electron chi connectivity index (χ2n) is 20.2. The van der Waals surface area contributed by atoms with Gasteiger partial charge in [-0.1, -0.05) is 71.1 Å². The van der Waals surface area contributed by atoms with Gasteiger partial charge in [0, 0.05) is 58.5 Å². The summed E-state index contributed by atoms with van der Waals surface area (Å²) in [5, 5.41) is 32.8. The van der Waals surface area contributed by atoms with Crippen LogP contribution >= 0.6 is 0 Å². The van der Waals surface area contributed by atoms with Crippen LogP contribution in [0.5, 0.6) is 0 Å². The van der Waals surface area contributed by atoms with Crippen LogP contribution in [0.1, 0.15) is 126 Å². The molecule has 0 aromatic heterocycles.